The van der Waals surface area contributed by atoms with Gasteiger partial charge in [-0.05, 0) is 45.7 Å². The van der Waals surface area contributed by atoms with Gasteiger partial charge in [0.15, 0.2) is 0 Å². The maximum Gasteiger partial charge on any atom is 0.325 e. The summed E-state index contributed by atoms with van der Waals surface area (Å²) in [5.74, 6) is -0.431. The highest BCUT2D eigenvalue weighted by Gasteiger charge is 2.42. The molecule has 0 saturated carbocycles. The summed E-state index contributed by atoms with van der Waals surface area (Å²) >= 11 is 0. The molecule has 1 atom stereocenters. The van der Waals surface area contributed by atoms with E-state index in [1.807, 2.05) is 63.0 Å². The maximum atomic E-state index is 13.4. The molecule has 28 heavy (non-hydrogen) atoms. The van der Waals surface area contributed by atoms with Crippen molar-refractivity contribution in [2.24, 2.45) is 0 Å². The summed E-state index contributed by atoms with van der Waals surface area (Å²) < 4.78 is 5.52. The average Bonchev–Trinajstić information content (AvgIpc) is 2.63. The molecule has 1 saturated heterocycles. The molecule has 1 fully saturated rings. The maximum absolute atomic E-state index is 13.4. The minimum atomic E-state index is -0.551. The van der Waals surface area contributed by atoms with Gasteiger partial charge in [-0.25, -0.2) is 5.01 Å². The molecule has 1 aromatic heterocycles. The lowest BCUT2D eigenvalue weighted by Gasteiger charge is -2.46. The molecule has 0 radical (unpaired) electrons. The van der Waals surface area contributed by atoms with E-state index in [0.29, 0.717) is 25.1 Å². The zero-order valence-electron chi connectivity index (χ0n) is 16.9. The number of esters is 1. The van der Waals surface area contributed by atoms with Crippen LogP contribution in [0, 0.1) is 0 Å². The Bertz CT molecular complexity index is 846. The van der Waals surface area contributed by atoms with Gasteiger partial charge in [-0.15, -0.1) is 0 Å². The third-order valence-corrected chi connectivity index (χ3v) is 4.65. The van der Waals surface area contributed by atoms with E-state index < -0.39 is 11.6 Å². The molecule has 0 spiro atoms. The second-order valence-corrected chi connectivity index (χ2v) is 7.81. The van der Waals surface area contributed by atoms with Gasteiger partial charge in [0, 0.05) is 31.0 Å². The number of benzene rings is 1. The Morgan fingerprint density at radius 1 is 1.21 bits per heavy atom. The number of rotatable bonds is 5. The van der Waals surface area contributed by atoms with E-state index in [4.69, 9.17) is 4.74 Å². The Hall–Kier alpha value is -2.73. The molecule has 148 valence electrons. The Kier molecular flexibility index (Phi) is 5.79. The molecule has 3 rings (SSSR count). The number of amides is 1. The van der Waals surface area contributed by atoms with E-state index >= 15 is 0 Å². The molecule has 1 aromatic carbocycles. The lowest BCUT2D eigenvalue weighted by molar-refractivity contribution is -0.179. The van der Waals surface area contributed by atoms with Crippen molar-refractivity contribution in [3.8, 4) is 11.1 Å². The van der Waals surface area contributed by atoms with Gasteiger partial charge >= 0.3 is 5.97 Å². The SMILES string of the molecule is CCN(C(=O)c1ccncc1-c1ccccc1)N1CCC1C(=O)OC(C)(C)C. The van der Waals surface area contributed by atoms with Crippen molar-refractivity contribution in [2.75, 3.05) is 13.1 Å². The standard InChI is InChI=1S/C22H27N3O3/c1-5-24(25-14-12-19(25)21(27)28-22(2,3)4)20(26)17-11-13-23-15-18(17)16-9-7-6-8-10-16/h6-11,13,15,19H,5,12,14H2,1-4H3. The summed E-state index contributed by atoms with van der Waals surface area (Å²) in [7, 11) is 0. The van der Waals surface area contributed by atoms with Crippen molar-refractivity contribution in [1.29, 1.82) is 0 Å². The van der Waals surface area contributed by atoms with Crippen LogP contribution in [0.15, 0.2) is 48.8 Å². The molecule has 6 nitrogen and oxygen atoms in total. The molecule has 0 bridgehead atoms. The van der Waals surface area contributed by atoms with Gasteiger partial charge in [-0.2, -0.15) is 0 Å². The number of nitrogens with zero attached hydrogens (tertiary/aromatic N) is 3. The van der Waals surface area contributed by atoms with Crippen LogP contribution >= 0.6 is 0 Å². The van der Waals surface area contributed by atoms with Crippen LogP contribution in [0.25, 0.3) is 11.1 Å². The molecule has 1 unspecified atom stereocenters. The number of hydrazine groups is 1. The van der Waals surface area contributed by atoms with Crippen LogP contribution in [0.5, 0.6) is 0 Å². The predicted octanol–water partition coefficient (Wildman–Crippen LogP) is 3.54. The third-order valence-electron chi connectivity index (χ3n) is 4.65. The number of aromatic nitrogens is 1. The van der Waals surface area contributed by atoms with Crippen LogP contribution in [0.3, 0.4) is 0 Å². The van der Waals surface area contributed by atoms with Gasteiger partial charge in [0.25, 0.3) is 5.91 Å². The summed E-state index contributed by atoms with van der Waals surface area (Å²) in [6.45, 7) is 8.56. The summed E-state index contributed by atoms with van der Waals surface area (Å²) in [4.78, 5) is 30.1. The van der Waals surface area contributed by atoms with E-state index in [0.717, 1.165) is 11.1 Å². The molecule has 2 aromatic rings. The number of hydrogen-bond acceptors (Lipinski definition) is 5. The quantitative estimate of drug-likeness (QED) is 0.742. The van der Waals surface area contributed by atoms with Gasteiger partial charge < -0.3 is 4.74 Å². The predicted molar refractivity (Wildman–Crippen MR) is 107 cm³/mol. The van der Waals surface area contributed by atoms with Crippen molar-refractivity contribution in [3.63, 3.8) is 0 Å². The second-order valence-electron chi connectivity index (χ2n) is 7.81. The number of pyridine rings is 1. The monoisotopic (exact) mass is 381 g/mol. The van der Waals surface area contributed by atoms with Crippen LogP contribution < -0.4 is 0 Å². The highest BCUT2D eigenvalue weighted by Crippen LogP contribution is 2.28. The van der Waals surface area contributed by atoms with Gasteiger partial charge in [-0.1, -0.05) is 30.3 Å². The number of ether oxygens (including phenoxy) is 1. The topological polar surface area (TPSA) is 62.7 Å². The fraction of sp³-hybridized carbons (Fsp3) is 0.409. The van der Waals surface area contributed by atoms with Crippen molar-refractivity contribution in [3.05, 3.63) is 54.4 Å². The van der Waals surface area contributed by atoms with Gasteiger partial charge in [0.2, 0.25) is 0 Å². The summed E-state index contributed by atoms with van der Waals surface area (Å²) in [5, 5.41) is 3.45. The molecule has 6 heteroatoms. The smallest absolute Gasteiger partial charge is 0.325 e. The van der Waals surface area contributed by atoms with E-state index in [-0.39, 0.29) is 11.9 Å². The van der Waals surface area contributed by atoms with E-state index in [1.54, 1.807) is 23.5 Å². The lowest BCUT2D eigenvalue weighted by atomic mass is 10.0. The first-order chi connectivity index (χ1) is 13.3. The fourth-order valence-corrected chi connectivity index (χ4v) is 3.28. The number of carbonyl (C=O) groups is 2. The Morgan fingerprint density at radius 2 is 1.93 bits per heavy atom. The summed E-state index contributed by atoms with van der Waals surface area (Å²) in [6.07, 6.45) is 4.01. The first kappa shape index (κ1) is 20.0. The third kappa shape index (κ3) is 4.22. The van der Waals surface area contributed by atoms with E-state index in [2.05, 4.69) is 4.98 Å². The fourth-order valence-electron chi connectivity index (χ4n) is 3.28. The van der Waals surface area contributed by atoms with Crippen molar-refractivity contribution < 1.29 is 14.3 Å². The van der Waals surface area contributed by atoms with Crippen LogP contribution in [-0.4, -0.2) is 51.6 Å². The molecule has 1 aliphatic heterocycles. The molecular weight excluding hydrogens is 354 g/mol. The van der Waals surface area contributed by atoms with E-state index in [1.165, 1.54) is 0 Å². The molecular formula is C22H27N3O3. The largest absolute Gasteiger partial charge is 0.459 e. The molecule has 1 aliphatic rings. The van der Waals surface area contributed by atoms with Crippen LogP contribution in [-0.2, 0) is 9.53 Å². The molecule has 0 N–H and O–H groups in total. The highest BCUT2D eigenvalue weighted by molar-refractivity contribution is 6.00. The van der Waals surface area contributed by atoms with Crippen LogP contribution in [0.1, 0.15) is 44.5 Å². The summed E-state index contributed by atoms with van der Waals surface area (Å²) in [6, 6.07) is 11.0. The zero-order valence-corrected chi connectivity index (χ0v) is 16.9. The Balaban J connectivity index is 1.85. The second kappa shape index (κ2) is 8.10. The molecule has 1 amide bonds. The average molecular weight is 381 g/mol. The van der Waals surface area contributed by atoms with Crippen LogP contribution in [0.2, 0.25) is 0 Å². The lowest BCUT2D eigenvalue weighted by Crippen LogP contribution is -2.62. The minimum absolute atomic E-state index is 0.142. The van der Waals surface area contributed by atoms with Crippen molar-refractivity contribution in [1.82, 2.24) is 15.0 Å². The highest BCUT2D eigenvalue weighted by atomic mass is 16.6. The Morgan fingerprint density at radius 3 is 2.50 bits per heavy atom. The molecule has 0 aliphatic carbocycles. The first-order valence-electron chi connectivity index (χ1n) is 9.62. The Labute approximate surface area is 166 Å². The number of carbonyl (C=O) groups excluding carboxylic acids is 2. The zero-order chi connectivity index (χ0) is 20.3. The summed E-state index contributed by atoms with van der Waals surface area (Å²) in [5.41, 5.74) is 1.73. The van der Waals surface area contributed by atoms with E-state index in [9.17, 15) is 9.59 Å². The molecule has 2 heterocycles. The van der Waals surface area contributed by atoms with Gasteiger partial charge in [0.1, 0.15) is 11.6 Å². The van der Waals surface area contributed by atoms with Gasteiger partial charge in [0.05, 0.1) is 5.56 Å². The first-order valence-corrected chi connectivity index (χ1v) is 9.62. The minimum Gasteiger partial charge on any atom is -0.459 e. The van der Waals surface area contributed by atoms with Crippen molar-refractivity contribution >= 4 is 11.9 Å². The van der Waals surface area contributed by atoms with Crippen molar-refractivity contribution in [2.45, 2.75) is 45.8 Å². The number of hydrogen-bond donors (Lipinski definition) is 0. The normalized spacial score (nSPS) is 16.9. The van der Waals surface area contributed by atoms with Crippen LogP contribution in [0.4, 0.5) is 0 Å². The van der Waals surface area contributed by atoms with Gasteiger partial charge in [-0.3, -0.25) is 19.6 Å².